The highest BCUT2D eigenvalue weighted by Gasteiger charge is 2.31. The molecule has 1 saturated heterocycles. The number of carbonyl (C=O) groups excluding carboxylic acids is 2. The van der Waals surface area contributed by atoms with Crippen molar-refractivity contribution in [2.75, 3.05) is 20.1 Å². The number of nitrogens with zero attached hydrogens (tertiary/aromatic N) is 3. The second-order valence-electron chi connectivity index (χ2n) is 8.50. The summed E-state index contributed by atoms with van der Waals surface area (Å²) in [5.41, 5.74) is -0.536. The molecule has 0 saturated carbocycles. The Labute approximate surface area is 217 Å². The smallest absolute Gasteiger partial charge is 0.483 e. The van der Waals surface area contributed by atoms with Gasteiger partial charge in [0, 0.05) is 11.5 Å². The zero-order valence-electron chi connectivity index (χ0n) is 19.8. The number of imide groups is 1. The first-order valence-electron chi connectivity index (χ1n) is 11.3. The van der Waals surface area contributed by atoms with Crippen molar-refractivity contribution in [2.45, 2.75) is 25.8 Å². The Morgan fingerprint density at radius 3 is 2.45 bits per heavy atom. The van der Waals surface area contributed by atoms with Gasteiger partial charge in [-0.25, -0.2) is 13.8 Å². The summed E-state index contributed by atoms with van der Waals surface area (Å²) in [5.74, 6) is -5.30. The second kappa shape index (κ2) is 11.4. The van der Waals surface area contributed by atoms with Crippen LogP contribution in [0.5, 0.6) is 11.5 Å². The zero-order valence-corrected chi connectivity index (χ0v) is 20.7. The number of aromatic nitrogens is 2. The van der Waals surface area contributed by atoms with E-state index in [9.17, 15) is 31.5 Å². The lowest BCUT2D eigenvalue weighted by Crippen LogP contribution is -2.41. The standard InChI is InChI=1S/C24H21F5N4O4S/c1-33-10-8-14(9-11-33)22(34)31-23(35)19-16(25)6-7-17(20(19)26)36-12-18-30-21(32-38-18)13-2-4-15(5-3-13)37-24(27,28)29/h2-7,14H,8-12H2,1H3,(H,31,34,35). The molecule has 4 rings (SSSR count). The highest BCUT2D eigenvalue weighted by Crippen LogP contribution is 2.28. The molecule has 38 heavy (non-hydrogen) atoms. The van der Waals surface area contributed by atoms with Gasteiger partial charge in [0.25, 0.3) is 5.91 Å². The predicted molar refractivity (Wildman–Crippen MR) is 125 cm³/mol. The fourth-order valence-corrected chi connectivity index (χ4v) is 4.35. The van der Waals surface area contributed by atoms with E-state index in [1.807, 2.05) is 11.9 Å². The van der Waals surface area contributed by atoms with Crippen LogP contribution in [-0.2, 0) is 11.4 Å². The van der Waals surface area contributed by atoms with Crippen LogP contribution < -0.4 is 14.8 Å². The van der Waals surface area contributed by atoms with Gasteiger partial charge in [0.2, 0.25) is 5.91 Å². The summed E-state index contributed by atoms with van der Waals surface area (Å²) in [7, 11) is 1.91. The molecule has 0 aliphatic carbocycles. The van der Waals surface area contributed by atoms with E-state index in [0.717, 1.165) is 35.8 Å². The molecule has 0 radical (unpaired) electrons. The summed E-state index contributed by atoms with van der Waals surface area (Å²) in [6, 6.07) is 6.75. The lowest BCUT2D eigenvalue weighted by Gasteiger charge is -2.27. The van der Waals surface area contributed by atoms with E-state index in [2.05, 4.69) is 19.4 Å². The third-order valence-electron chi connectivity index (χ3n) is 5.77. The lowest BCUT2D eigenvalue weighted by atomic mass is 9.96. The number of piperidine rings is 1. The Morgan fingerprint density at radius 1 is 1.11 bits per heavy atom. The van der Waals surface area contributed by atoms with Gasteiger partial charge in [0.05, 0.1) is 0 Å². The molecule has 1 aromatic heterocycles. The molecule has 1 fully saturated rings. The van der Waals surface area contributed by atoms with Gasteiger partial charge in [0.15, 0.2) is 22.4 Å². The van der Waals surface area contributed by atoms with Gasteiger partial charge < -0.3 is 14.4 Å². The van der Waals surface area contributed by atoms with Gasteiger partial charge >= 0.3 is 6.36 Å². The summed E-state index contributed by atoms with van der Waals surface area (Å²) in [6.45, 7) is 1.05. The summed E-state index contributed by atoms with van der Waals surface area (Å²) in [4.78, 5) is 31.2. The Hall–Kier alpha value is -3.65. The van der Waals surface area contributed by atoms with Gasteiger partial charge in [-0.15, -0.1) is 13.2 Å². The van der Waals surface area contributed by atoms with E-state index in [0.29, 0.717) is 31.5 Å². The summed E-state index contributed by atoms with van der Waals surface area (Å²) in [6.07, 6.45) is -3.76. The van der Waals surface area contributed by atoms with Gasteiger partial charge in [-0.05, 0) is 80.9 Å². The number of likely N-dealkylation sites (tertiary alicyclic amines) is 1. The van der Waals surface area contributed by atoms with Gasteiger partial charge in [-0.1, -0.05) is 0 Å². The second-order valence-corrected chi connectivity index (χ2v) is 9.34. The number of rotatable bonds is 7. The first-order chi connectivity index (χ1) is 18.0. The minimum atomic E-state index is -4.82. The molecule has 3 aromatic rings. The van der Waals surface area contributed by atoms with Crippen LogP contribution in [0, 0.1) is 17.6 Å². The number of carbonyl (C=O) groups is 2. The molecule has 14 heteroatoms. The van der Waals surface area contributed by atoms with Gasteiger partial charge in [-0.3, -0.25) is 14.9 Å². The topological polar surface area (TPSA) is 93.7 Å². The summed E-state index contributed by atoms with van der Waals surface area (Å²) in [5, 5.41) is 2.36. The van der Waals surface area contributed by atoms with Gasteiger partial charge in [0.1, 0.15) is 23.7 Å². The normalized spacial score (nSPS) is 14.8. The third-order valence-corrected chi connectivity index (χ3v) is 6.46. The Kier molecular flexibility index (Phi) is 8.21. The molecule has 1 aliphatic rings. The quantitative estimate of drug-likeness (QED) is 0.337. The molecular weight excluding hydrogens is 535 g/mol. The fraction of sp³-hybridized carbons (Fsp3) is 0.333. The van der Waals surface area contributed by atoms with Crippen molar-refractivity contribution < 1.29 is 41.0 Å². The molecule has 2 aromatic carbocycles. The fourth-order valence-electron chi connectivity index (χ4n) is 3.78. The van der Waals surface area contributed by atoms with Crippen LogP contribution >= 0.6 is 11.5 Å². The first-order valence-corrected chi connectivity index (χ1v) is 12.1. The molecule has 0 unspecified atom stereocenters. The lowest BCUT2D eigenvalue weighted by molar-refractivity contribution is -0.274. The van der Waals surface area contributed by atoms with Crippen molar-refractivity contribution in [3.8, 4) is 22.9 Å². The number of amides is 2. The van der Waals surface area contributed by atoms with Crippen LogP contribution in [0.2, 0.25) is 0 Å². The van der Waals surface area contributed by atoms with Crippen molar-refractivity contribution in [3.05, 3.63) is 58.6 Å². The summed E-state index contributed by atoms with van der Waals surface area (Å²) >= 11 is 0.900. The Balaban J connectivity index is 1.40. The number of benzene rings is 2. The number of nitrogens with one attached hydrogen (secondary N) is 1. The van der Waals surface area contributed by atoms with Crippen molar-refractivity contribution in [1.29, 1.82) is 0 Å². The zero-order chi connectivity index (χ0) is 27.4. The maximum absolute atomic E-state index is 15.0. The molecule has 0 spiro atoms. The first kappa shape index (κ1) is 27.4. The van der Waals surface area contributed by atoms with Crippen LogP contribution in [0.4, 0.5) is 22.0 Å². The third kappa shape index (κ3) is 6.81. The number of ether oxygens (including phenoxy) is 2. The van der Waals surface area contributed by atoms with E-state index < -0.39 is 52.8 Å². The van der Waals surface area contributed by atoms with Crippen molar-refractivity contribution in [1.82, 2.24) is 19.6 Å². The Morgan fingerprint density at radius 2 is 1.79 bits per heavy atom. The van der Waals surface area contributed by atoms with Crippen LogP contribution in [0.1, 0.15) is 28.2 Å². The van der Waals surface area contributed by atoms with E-state index in [-0.39, 0.29) is 17.4 Å². The maximum Gasteiger partial charge on any atom is 0.573 e. The number of hydrogen-bond acceptors (Lipinski definition) is 8. The molecule has 1 N–H and O–H groups in total. The molecule has 8 nitrogen and oxygen atoms in total. The van der Waals surface area contributed by atoms with Crippen LogP contribution in [0.15, 0.2) is 36.4 Å². The monoisotopic (exact) mass is 556 g/mol. The van der Waals surface area contributed by atoms with Crippen molar-refractivity contribution in [2.24, 2.45) is 5.92 Å². The van der Waals surface area contributed by atoms with E-state index in [1.54, 1.807) is 0 Å². The molecule has 1 aliphatic heterocycles. The highest BCUT2D eigenvalue weighted by molar-refractivity contribution is 7.05. The van der Waals surface area contributed by atoms with Crippen LogP contribution in [-0.4, -0.2) is 52.6 Å². The maximum atomic E-state index is 15.0. The predicted octanol–water partition coefficient (Wildman–Crippen LogP) is 4.56. The van der Waals surface area contributed by atoms with Crippen molar-refractivity contribution in [3.63, 3.8) is 0 Å². The SMILES string of the molecule is CN1CCC(C(=O)NC(=O)c2c(F)ccc(OCc3nc(-c4ccc(OC(F)(F)F)cc4)ns3)c2F)CC1. The average Bonchev–Trinajstić information content (AvgIpc) is 3.32. The minimum absolute atomic E-state index is 0.194. The van der Waals surface area contributed by atoms with E-state index in [1.165, 1.54) is 12.1 Å². The molecule has 2 heterocycles. The van der Waals surface area contributed by atoms with E-state index >= 15 is 0 Å². The van der Waals surface area contributed by atoms with E-state index in [4.69, 9.17) is 4.74 Å². The molecule has 2 amide bonds. The molecule has 0 bridgehead atoms. The number of alkyl halides is 3. The highest BCUT2D eigenvalue weighted by atomic mass is 32.1. The summed E-state index contributed by atoms with van der Waals surface area (Å²) < 4.78 is 79.5. The molecule has 0 atom stereocenters. The molecular formula is C24H21F5N4O4S. The van der Waals surface area contributed by atoms with Gasteiger partial charge in [-0.2, -0.15) is 4.37 Å². The number of hydrogen-bond donors (Lipinski definition) is 1. The Bertz CT molecular complexity index is 1310. The van der Waals surface area contributed by atoms with Crippen molar-refractivity contribution >= 4 is 23.3 Å². The van der Waals surface area contributed by atoms with Crippen LogP contribution in [0.3, 0.4) is 0 Å². The number of halogens is 5. The minimum Gasteiger partial charge on any atom is -0.483 e. The largest absolute Gasteiger partial charge is 0.573 e. The average molecular weight is 557 g/mol. The molecule has 202 valence electrons. The van der Waals surface area contributed by atoms with Crippen LogP contribution in [0.25, 0.3) is 11.4 Å².